The summed E-state index contributed by atoms with van der Waals surface area (Å²) in [6.07, 6.45) is 0. The molecule has 0 saturated carbocycles. The number of para-hydroxylation sites is 2. The van der Waals surface area contributed by atoms with Gasteiger partial charge in [-0.1, -0.05) is 24.3 Å². The monoisotopic (exact) mass is 323 g/mol. The molecule has 1 aliphatic heterocycles. The zero-order valence-electron chi connectivity index (χ0n) is 12.0. The van der Waals surface area contributed by atoms with Crippen molar-refractivity contribution in [2.45, 2.75) is 9.79 Å². The number of rotatable bonds is 1. The second-order valence-electron chi connectivity index (χ2n) is 5.29. The molecule has 0 aliphatic carbocycles. The highest BCUT2D eigenvalue weighted by molar-refractivity contribution is 7.92. The molecule has 23 heavy (non-hydrogen) atoms. The van der Waals surface area contributed by atoms with Gasteiger partial charge in [0.25, 0.3) is 0 Å². The summed E-state index contributed by atoms with van der Waals surface area (Å²) in [6.45, 7) is 0. The standard InChI is InChI=1S/C18H13NO3S/c20-14-11-9-13(10-12-14)19-15-5-1-3-7-17(15)23(21,22)18-8-4-2-6-16(18)19/h1-12,20H. The Morgan fingerprint density at radius 3 is 1.70 bits per heavy atom. The quantitative estimate of drug-likeness (QED) is 0.575. The van der Waals surface area contributed by atoms with Gasteiger partial charge >= 0.3 is 0 Å². The van der Waals surface area contributed by atoms with Gasteiger partial charge in [-0.3, -0.25) is 0 Å². The van der Waals surface area contributed by atoms with E-state index in [4.69, 9.17) is 0 Å². The molecule has 0 atom stereocenters. The third-order valence-electron chi connectivity index (χ3n) is 3.90. The van der Waals surface area contributed by atoms with Crippen LogP contribution in [0.25, 0.3) is 0 Å². The van der Waals surface area contributed by atoms with Crippen molar-refractivity contribution in [3.63, 3.8) is 0 Å². The van der Waals surface area contributed by atoms with E-state index in [9.17, 15) is 13.5 Å². The topological polar surface area (TPSA) is 57.6 Å². The predicted octanol–water partition coefficient (Wildman–Crippen LogP) is 4.01. The summed E-state index contributed by atoms with van der Waals surface area (Å²) in [7, 11) is -3.54. The Morgan fingerprint density at radius 2 is 1.17 bits per heavy atom. The van der Waals surface area contributed by atoms with Crippen molar-refractivity contribution in [2.75, 3.05) is 4.90 Å². The second kappa shape index (κ2) is 4.86. The van der Waals surface area contributed by atoms with Crippen LogP contribution in [0.1, 0.15) is 0 Å². The van der Waals surface area contributed by atoms with Gasteiger partial charge in [-0.15, -0.1) is 0 Å². The lowest BCUT2D eigenvalue weighted by Crippen LogP contribution is -2.21. The number of hydrogen-bond acceptors (Lipinski definition) is 4. The number of anilines is 3. The Balaban J connectivity index is 2.06. The van der Waals surface area contributed by atoms with E-state index >= 15 is 0 Å². The number of hydrogen-bond donors (Lipinski definition) is 1. The molecular weight excluding hydrogens is 310 g/mol. The Bertz CT molecular complexity index is 941. The van der Waals surface area contributed by atoms with Crippen LogP contribution >= 0.6 is 0 Å². The van der Waals surface area contributed by atoms with Crippen LogP contribution in [0.5, 0.6) is 5.75 Å². The largest absolute Gasteiger partial charge is 0.508 e. The second-order valence-corrected chi connectivity index (χ2v) is 7.18. The first kappa shape index (κ1) is 13.8. The molecule has 1 N–H and O–H groups in total. The van der Waals surface area contributed by atoms with E-state index in [1.54, 1.807) is 60.7 Å². The Labute approximate surface area is 134 Å². The molecule has 1 aliphatic rings. The summed E-state index contributed by atoms with van der Waals surface area (Å²) in [4.78, 5) is 2.46. The maximum absolute atomic E-state index is 12.9. The van der Waals surface area contributed by atoms with Crippen molar-refractivity contribution in [1.82, 2.24) is 0 Å². The molecule has 0 spiro atoms. The molecule has 3 aromatic carbocycles. The van der Waals surface area contributed by atoms with E-state index < -0.39 is 9.84 Å². The van der Waals surface area contributed by atoms with Crippen molar-refractivity contribution < 1.29 is 13.5 Å². The Kier molecular flexibility index (Phi) is 2.92. The molecule has 4 rings (SSSR count). The molecule has 3 aromatic rings. The van der Waals surface area contributed by atoms with E-state index in [1.807, 2.05) is 17.0 Å². The number of aromatic hydroxyl groups is 1. The van der Waals surface area contributed by atoms with Crippen LogP contribution in [0.4, 0.5) is 17.1 Å². The predicted molar refractivity (Wildman–Crippen MR) is 88.2 cm³/mol. The van der Waals surface area contributed by atoms with E-state index in [0.717, 1.165) is 5.69 Å². The van der Waals surface area contributed by atoms with Crippen molar-refractivity contribution in [2.24, 2.45) is 0 Å². The average molecular weight is 323 g/mol. The van der Waals surface area contributed by atoms with Crippen LogP contribution in [-0.4, -0.2) is 13.5 Å². The third kappa shape index (κ3) is 2.01. The van der Waals surface area contributed by atoms with E-state index in [1.165, 1.54) is 0 Å². The maximum atomic E-state index is 12.9. The Hall–Kier alpha value is -2.79. The van der Waals surface area contributed by atoms with Crippen LogP contribution in [-0.2, 0) is 9.84 Å². The first-order chi connectivity index (χ1) is 11.1. The molecule has 0 bridgehead atoms. The zero-order chi connectivity index (χ0) is 16.0. The highest BCUT2D eigenvalue weighted by atomic mass is 32.2. The molecule has 0 amide bonds. The molecule has 5 heteroatoms. The summed E-state index contributed by atoms with van der Waals surface area (Å²) in [5.41, 5.74) is 2.01. The number of sulfone groups is 1. The van der Waals surface area contributed by atoms with Crippen LogP contribution in [0.15, 0.2) is 82.6 Å². The number of phenolic OH excluding ortho intramolecular Hbond substituents is 1. The minimum Gasteiger partial charge on any atom is -0.508 e. The van der Waals surface area contributed by atoms with Gasteiger partial charge in [0.05, 0.1) is 21.2 Å². The average Bonchev–Trinajstić information content (AvgIpc) is 2.57. The van der Waals surface area contributed by atoms with Crippen LogP contribution < -0.4 is 4.90 Å². The molecule has 114 valence electrons. The molecular formula is C18H13NO3S. The number of phenols is 1. The van der Waals surface area contributed by atoms with Gasteiger partial charge in [0, 0.05) is 5.69 Å². The van der Waals surface area contributed by atoms with Gasteiger partial charge < -0.3 is 10.0 Å². The maximum Gasteiger partial charge on any atom is 0.210 e. The molecule has 4 nitrogen and oxygen atoms in total. The van der Waals surface area contributed by atoms with Gasteiger partial charge in [-0.05, 0) is 48.5 Å². The lowest BCUT2D eigenvalue weighted by Gasteiger charge is -2.32. The minimum atomic E-state index is -3.54. The molecule has 1 heterocycles. The first-order valence-corrected chi connectivity index (χ1v) is 8.60. The van der Waals surface area contributed by atoms with Crippen LogP contribution in [0, 0.1) is 0 Å². The summed E-state index contributed by atoms with van der Waals surface area (Å²) < 4.78 is 25.7. The van der Waals surface area contributed by atoms with Crippen molar-refractivity contribution >= 4 is 26.9 Å². The normalized spacial score (nSPS) is 14.9. The molecule has 0 unspecified atom stereocenters. The lowest BCUT2D eigenvalue weighted by molar-refractivity contribution is 0.475. The van der Waals surface area contributed by atoms with Crippen molar-refractivity contribution in [1.29, 1.82) is 0 Å². The molecule has 0 radical (unpaired) electrons. The number of fused-ring (bicyclic) bond motifs is 2. The van der Waals surface area contributed by atoms with Gasteiger partial charge in [-0.25, -0.2) is 8.42 Å². The smallest absolute Gasteiger partial charge is 0.210 e. The number of nitrogens with zero attached hydrogens (tertiary/aromatic N) is 1. The molecule has 0 saturated heterocycles. The van der Waals surface area contributed by atoms with Gasteiger partial charge in [0.2, 0.25) is 9.84 Å². The SMILES string of the molecule is O=S1(=O)c2ccccc2N(c2ccc(O)cc2)c2ccccc21. The van der Waals surface area contributed by atoms with Gasteiger partial charge in [-0.2, -0.15) is 0 Å². The fourth-order valence-corrected chi connectivity index (χ4v) is 4.49. The third-order valence-corrected chi connectivity index (χ3v) is 5.75. The summed E-state index contributed by atoms with van der Waals surface area (Å²) >= 11 is 0. The van der Waals surface area contributed by atoms with Crippen molar-refractivity contribution in [3.05, 3.63) is 72.8 Å². The fourth-order valence-electron chi connectivity index (χ4n) is 2.87. The summed E-state index contributed by atoms with van der Waals surface area (Å²) in [5, 5.41) is 9.51. The van der Waals surface area contributed by atoms with Crippen LogP contribution in [0.2, 0.25) is 0 Å². The highest BCUT2D eigenvalue weighted by Crippen LogP contribution is 2.47. The molecule has 0 fully saturated rings. The van der Waals surface area contributed by atoms with Gasteiger partial charge in [0.1, 0.15) is 5.75 Å². The highest BCUT2D eigenvalue weighted by Gasteiger charge is 2.34. The molecule has 0 aromatic heterocycles. The summed E-state index contributed by atoms with van der Waals surface area (Å²) in [5.74, 6) is 0.167. The number of benzene rings is 3. The lowest BCUT2D eigenvalue weighted by atomic mass is 10.2. The first-order valence-electron chi connectivity index (χ1n) is 7.11. The minimum absolute atomic E-state index is 0.167. The van der Waals surface area contributed by atoms with E-state index in [2.05, 4.69) is 0 Å². The van der Waals surface area contributed by atoms with Gasteiger partial charge in [0.15, 0.2) is 0 Å². The van der Waals surface area contributed by atoms with E-state index in [-0.39, 0.29) is 15.5 Å². The van der Waals surface area contributed by atoms with Crippen molar-refractivity contribution in [3.8, 4) is 5.75 Å². The zero-order valence-corrected chi connectivity index (χ0v) is 12.9. The summed E-state index contributed by atoms with van der Waals surface area (Å²) in [6, 6.07) is 20.6. The van der Waals surface area contributed by atoms with E-state index in [0.29, 0.717) is 11.4 Å². The fraction of sp³-hybridized carbons (Fsp3) is 0. The van der Waals surface area contributed by atoms with Crippen LogP contribution in [0.3, 0.4) is 0 Å². The Morgan fingerprint density at radius 1 is 0.696 bits per heavy atom.